The van der Waals surface area contributed by atoms with Crippen LogP contribution in [0.5, 0.6) is 5.75 Å². The van der Waals surface area contributed by atoms with Crippen LogP contribution in [-0.4, -0.2) is 27.4 Å². The van der Waals surface area contributed by atoms with Gasteiger partial charge in [0.2, 0.25) is 5.91 Å². The fourth-order valence-corrected chi connectivity index (χ4v) is 2.57. The molecular weight excluding hydrogens is 402 g/mol. The topological polar surface area (TPSA) is 89.0 Å². The normalized spacial score (nSPS) is 9.77. The molecule has 0 unspecified atom stereocenters. The van der Waals surface area contributed by atoms with E-state index < -0.39 is 0 Å². The van der Waals surface area contributed by atoms with Crippen molar-refractivity contribution in [2.75, 3.05) is 11.9 Å². The Bertz CT molecular complexity index is 1090. The number of hydrogen-bond donors (Lipinski definition) is 2. The first-order chi connectivity index (χ1) is 14.7. The summed E-state index contributed by atoms with van der Waals surface area (Å²) in [5.41, 5.74) is 2.10. The fourth-order valence-electron chi connectivity index (χ4n) is 2.33. The number of carbonyl (C=O) groups excluding carboxylic acids is 1. The summed E-state index contributed by atoms with van der Waals surface area (Å²) < 4.78 is 5.73. The second kappa shape index (κ2) is 10.6. The summed E-state index contributed by atoms with van der Waals surface area (Å²) in [4.78, 5) is 23.6. The van der Waals surface area contributed by atoms with E-state index in [-0.39, 0.29) is 12.5 Å². The third-order valence-electron chi connectivity index (χ3n) is 3.77. The lowest BCUT2D eigenvalue weighted by atomic mass is 10.2. The van der Waals surface area contributed by atoms with Crippen molar-refractivity contribution >= 4 is 29.0 Å². The number of nitrogens with one attached hydrogen (secondary N) is 2. The van der Waals surface area contributed by atoms with Gasteiger partial charge in [-0.2, -0.15) is 0 Å². The lowest BCUT2D eigenvalue weighted by molar-refractivity contribution is -0.116. The van der Waals surface area contributed by atoms with Gasteiger partial charge in [0.05, 0.1) is 22.8 Å². The summed E-state index contributed by atoms with van der Waals surface area (Å²) in [6, 6.07) is 11.0. The van der Waals surface area contributed by atoms with E-state index in [0.29, 0.717) is 34.4 Å². The maximum atomic E-state index is 11.2. The summed E-state index contributed by atoms with van der Waals surface area (Å²) in [5, 5.41) is 6.20. The molecule has 0 spiro atoms. The Kier molecular flexibility index (Phi) is 7.36. The minimum absolute atomic E-state index is 0.188. The van der Waals surface area contributed by atoms with Crippen molar-refractivity contribution in [3.8, 4) is 17.6 Å². The van der Waals surface area contributed by atoms with Crippen molar-refractivity contribution in [1.82, 2.24) is 20.3 Å². The van der Waals surface area contributed by atoms with Crippen molar-refractivity contribution in [3.63, 3.8) is 0 Å². The second-order valence-corrected chi connectivity index (χ2v) is 6.30. The Morgan fingerprint density at radius 3 is 2.93 bits per heavy atom. The molecule has 0 saturated carbocycles. The highest BCUT2D eigenvalue weighted by Crippen LogP contribution is 2.29. The number of nitrogens with zero attached hydrogens (tertiary/aromatic N) is 3. The van der Waals surface area contributed by atoms with Crippen molar-refractivity contribution in [2.45, 2.75) is 6.61 Å². The molecule has 0 aliphatic heterocycles. The number of halogens is 1. The van der Waals surface area contributed by atoms with Crippen LogP contribution in [0.25, 0.3) is 0 Å². The van der Waals surface area contributed by atoms with Gasteiger partial charge < -0.3 is 15.4 Å². The zero-order valence-corrected chi connectivity index (χ0v) is 16.7. The lowest BCUT2D eigenvalue weighted by Crippen LogP contribution is -2.20. The van der Waals surface area contributed by atoms with Gasteiger partial charge in [-0.25, -0.2) is 9.97 Å². The van der Waals surface area contributed by atoms with Crippen LogP contribution in [0.3, 0.4) is 0 Å². The quantitative estimate of drug-likeness (QED) is 0.450. The Balaban J connectivity index is 1.66. The molecule has 8 heteroatoms. The third kappa shape index (κ3) is 6.06. The number of pyridine rings is 1. The van der Waals surface area contributed by atoms with Crippen LogP contribution in [0.15, 0.2) is 67.8 Å². The van der Waals surface area contributed by atoms with E-state index >= 15 is 0 Å². The smallest absolute Gasteiger partial charge is 0.244 e. The average molecular weight is 420 g/mol. The van der Waals surface area contributed by atoms with Gasteiger partial charge in [-0.1, -0.05) is 36.1 Å². The van der Waals surface area contributed by atoms with Crippen molar-refractivity contribution in [3.05, 3.63) is 84.1 Å². The van der Waals surface area contributed by atoms with E-state index in [4.69, 9.17) is 16.3 Å². The van der Waals surface area contributed by atoms with Crippen molar-refractivity contribution in [1.29, 1.82) is 0 Å². The van der Waals surface area contributed by atoms with Crippen LogP contribution >= 0.6 is 11.6 Å². The van der Waals surface area contributed by atoms with Gasteiger partial charge in [0, 0.05) is 18.1 Å². The number of ether oxygens (including phenoxy) is 1. The molecule has 7 nitrogen and oxygen atoms in total. The Morgan fingerprint density at radius 2 is 2.17 bits per heavy atom. The lowest BCUT2D eigenvalue weighted by Gasteiger charge is -2.11. The summed E-state index contributed by atoms with van der Waals surface area (Å²) >= 11 is 6.35. The summed E-state index contributed by atoms with van der Waals surface area (Å²) in [7, 11) is 0. The van der Waals surface area contributed by atoms with Crippen LogP contribution in [0.1, 0.15) is 11.3 Å². The van der Waals surface area contributed by atoms with Crippen LogP contribution in [0.2, 0.25) is 5.02 Å². The monoisotopic (exact) mass is 419 g/mol. The minimum atomic E-state index is -0.285. The Hall–Kier alpha value is -3.89. The van der Waals surface area contributed by atoms with Crippen LogP contribution in [0, 0.1) is 11.8 Å². The van der Waals surface area contributed by atoms with E-state index in [1.165, 1.54) is 12.4 Å². The molecule has 1 aromatic carbocycles. The Labute approximate surface area is 179 Å². The highest BCUT2D eigenvalue weighted by Gasteiger charge is 2.07. The number of anilines is 2. The highest BCUT2D eigenvalue weighted by molar-refractivity contribution is 6.32. The number of benzene rings is 1. The predicted molar refractivity (Wildman–Crippen MR) is 115 cm³/mol. The number of amides is 1. The Morgan fingerprint density at radius 1 is 1.27 bits per heavy atom. The molecule has 150 valence electrons. The molecule has 0 saturated heterocycles. The molecule has 3 rings (SSSR count). The maximum Gasteiger partial charge on any atom is 0.244 e. The molecule has 2 N–H and O–H groups in total. The second-order valence-electron chi connectivity index (χ2n) is 5.89. The van der Waals surface area contributed by atoms with Gasteiger partial charge >= 0.3 is 0 Å². The van der Waals surface area contributed by atoms with Gasteiger partial charge in [0.1, 0.15) is 24.5 Å². The maximum absolute atomic E-state index is 11.2. The highest BCUT2D eigenvalue weighted by atomic mass is 35.5. The molecule has 1 amide bonds. The first kappa shape index (κ1) is 20.8. The molecule has 2 aromatic heterocycles. The molecule has 30 heavy (non-hydrogen) atoms. The van der Waals surface area contributed by atoms with Crippen molar-refractivity contribution in [2.24, 2.45) is 0 Å². The molecule has 0 bridgehead atoms. The van der Waals surface area contributed by atoms with Crippen LogP contribution < -0.4 is 15.4 Å². The number of aromatic nitrogens is 3. The summed E-state index contributed by atoms with van der Waals surface area (Å²) in [5.74, 6) is 6.55. The van der Waals surface area contributed by atoms with Gasteiger partial charge in [-0.15, -0.1) is 0 Å². The van der Waals surface area contributed by atoms with E-state index in [1.54, 1.807) is 24.5 Å². The molecule has 0 fully saturated rings. The zero-order valence-electron chi connectivity index (χ0n) is 15.9. The van der Waals surface area contributed by atoms with Gasteiger partial charge in [-0.3, -0.25) is 9.78 Å². The predicted octanol–water partition coefficient (Wildman–Crippen LogP) is 3.50. The number of carbonyl (C=O) groups is 1. The molecule has 0 aliphatic rings. The third-order valence-corrected chi connectivity index (χ3v) is 4.06. The molecule has 0 radical (unpaired) electrons. The van der Waals surface area contributed by atoms with E-state index in [0.717, 1.165) is 5.69 Å². The minimum Gasteiger partial charge on any atom is -0.486 e. The molecular formula is C22H18ClN5O2. The SMILES string of the molecule is C=CC(=O)NCC#Cc1cncnc1Nc1ccc(OCc2ccccn2)c(Cl)c1. The molecule has 3 aromatic rings. The van der Waals surface area contributed by atoms with Gasteiger partial charge in [0.15, 0.2) is 0 Å². The van der Waals surface area contributed by atoms with Crippen LogP contribution in [0.4, 0.5) is 11.5 Å². The first-order valence-corrected chi connectivity index (χ1v) is 9.32. The largest absolute Gasteiger partial charge is 0.486 e. The van der Waals surface area contributed by atoms with E-state index in [1.807, 2.05) is 24.3 Å². The number of rotatable bonds is 7. The van der Waals surface area contributed by atoms with Crippen LogP contribution in [-0.2, 0) is 11.4 Å². The van der Waals surface area contributed by atoms with Crippen molar-refractivity contribution < 1.29 is 9.53 Å². The molecule has 0 atom stereocenters. The first-order valence-electron chi connectivity index (χ1n) is 8.94. The molecule has 2 heterocycles. The van der Waals surface area contributed by atoms with Gasteiger partial charge in [-0.05, 0) is 36.4 Å². The average Bonchev–Trinajstić information content (AvgIpc) is 2.77. The standard InChI is InChI=1S/C22H18ClN5O2/c1-2-21(29)26-11-5-6-16-13-24-15-27-22(16)28-17-8-9-20(19(23)12-17)30-14-18-7-3-4-10-25-18/h2-4,7-10,12-13,15H,1,11,14H2,(H,26,29)(H,24,27,28). The fraction of sp³-hybridized carbons (Fsp3) is 0.0909. The number of hydrogen-bond acceptors (Lipinski definition) is 6. The summed E-state index contributed by atoms with van der Waals surface area (Å²) in [6.07, 6.45) is 5.90. The van der Waals surface area contributed by atoms with E-state index in [9.17, 15) is 4.79 Å². The van der Waals surface area contributed by atoms with E-state index in [2.05, 4.69) is 44.0 Å². The summed E-state index contributed by atoms with van der Waals surface area (Å²) in [6.45, 7) is 3.89. The molecule has 0 aliphatic carbocycles. The zero-order chi connectivity index (χ0) is 21.2. The van der Waals surface area contributed by atoms with Gasteiger partial charge in [0.25, 0.3) is 0 Å².